The molecule has 0 radical (unpaired) electrons. The first kappa shape index (κ1) is 32.4. The molecule has 0 aliphatic heterocycles. The van der Waals surface area contributed by atoms with Crippen molar-refractivity contribution in [3.63, 3.8) is 0 Å². The maximum Gasteiger partial charge on any atom is 0.323 e. The Hall–Kier alpha value is -4.11. The highest BCUT2D eigenvalue weighted by Crippen LogP contribution is 2.33. The summed E-state index contributed by atoms with van der Waals surface area (Å²) in [4.78, 5) is 30.2. The normalized spacial score (nSPS) is 11.0. The number of amides is 2. The molecule has 0 atom stereocenters. The van der Waals surface area contributed by atoms with E-state index in [9.17, 15) is 26.8 Å². The Balaban J connectivity index is 0.000000892. The van der Waals surface area contributed by atoms with Crippen LogP contribution in [-0.2, 0) is 21.4 Å². The summed E-state index contributed by atoms with van der Waals surface area (Å²) in [5.74, 6) is -0.870. The molecule has 4 rings (SSSR count). The second-order valence-corrected chi connectivity index (χ2v) is 10.6. The van der Waals surface area contributed by atoms with Crippen molar-refractivity contribution in [3.8, 4) is 11.1 Å². The first-order valence-electron chi connectivity index (χ1n) is 12.3. The number of anilines is 3. The number of aromatic nitrogens is 2. The van der Waals surface area contributed by atoms with Gasteiger partial charge < -0.3 is 25.3 Å². The van der Waals surface area contributed by atoms with E-state index >= 15 is 0 Å². The summed E-state index contributed by atoms with van der Waals surface area (Å²) < 4.78 is 61.0. The van der Waals surface area contributed by atoms with E-state index in [1.165, 1.54) is 24.3 Å². The fraction of sp³-hybridized carbons (Fsp3) is 0.222. The van der Waals surface area contributed by atoms with Crippen molar-refractivity contribution >= 4 is 55.8 Å². The van der Waals surface area contributed by atoms with Gasteiger partial charge in [-0.25, -0.2) is 18.6 Å². The SMILES string of the molecule is CCn1c(=O)c(-c2cc(NC(=O)Nc3ccccc3F)c(F)cc2Cl)cc2cnc(NCCOC)cc21.CS(=O)(=O)O. The molecule has 224 valence electrons. The zero-order valence-electron chi connectivity index (χ0n) is 22.7. The van der Waals surface area contributed by atoms with E-state index in [4.69, 9.17) is 20.9 Å². The number of methoxy groups -OCH3 is 1. The number of ether oxygens (including phenoxy) is 1. The lowest BCUT2D eigenvalue weighted by Crippen LogP contribution is -2.22. The van der Waals surface area contributed by atoms with Crippen LogP contribution in [0.3, 0.4) is 0 Å². The molecule has 2 aromatic heterocycles. The Bertz CT molecular complexity index is 1760. The second-order valence-electron chi connectivity index (χ2n) is 8.76. The van der Waals surface area contributed by atoms with Crippen LogP contribution in [-0.4, -0.2) is 55.1 Å². The van der Waals surface area contributed by atoms with Gasteiger partial charge >= 0.3 is 6.03 Å². The Kier molecular flexibility index (Phi) is 10.9. The number of benzene rings is 2. The van der Waals surface area contributed by atoms with Gasteiger partial charge in [-0.15, -0.1) is 0 Å². The molecule has 0 unspecified atom stereocenters. The summed E-state index contributed by atoms with van der Waals surface area (Å²) in [5.41, 5.74) is 0.441. The van der Waals surface area contributed by atoms with Crippen LogP contribution in [0.5, 0.6) is 0 Å². The van der Waals surface area contributed by atoms with Crippen LogP contribution < -0.4 is 21.5 Å². The van der Waals surface area contributed by atoms with Crippen molar-refractivity contribution < 1.29 is 31.3 Å². The Morgan fingerprint density at radius 3 is 2.38 bits per heavy atom. The van der Waals surface area contributed by atoms with Crippen LogP contribution >= 0.6 is 11.6 Å². The molecular formula is C27H28ClF2N5O6S. The van der Waals surface area contributed by atoms with Gasteiger partial charge in [0.25, 0.3) is 15.7 Å². The number of pyridine rings is 2. The Morgan fingerprint density at radius 1 is 1.07 bits per heavy atom. The minimum Gasteiger partial charge on any atom is -0.383 e. The average molecular weight is 624 g/mol. The lowest BCUT2D eigenvalue weighted by atomic mass is 10.0. The first-order chi connectivity index (χ1) is 19.8. The average Bonchev–Trinajstić information content (AvgIpc) is 2.91. The Labute approximate surface area is 245 Å². The smallest absolute Gasteiger partial charge is 0.323 e. The van der Waals surface area contributed by atoms with Crippen molar-refractivity contribution in [2.24, 2.45) is 0 Å². The molecule has 0 fully saturated rings. The van der Waals surface area contributed by atoms with Crippen LogP contribution in [0.25, 0.3) is 22.0 Å². The number of carbonyl (C=O) groups is 1. The van der Waals surface area contributed by atoms with Gasteiger partial charge in [0.2, 0.25) is 0 Å². The van der Waals surface area contributed by atoms with Crippen molar-refractivity contribution in [1.29, 1.82) is 0 Å². The van der Waals surface area contributed by atoms with E-state index in [2.05, 4.69) is 20.9 Å². The van der Waals surface area contributed by atoms with Crippen molar-refractivity contribution in [2.75, 3.05) is 42.5 Å². The number of fused-ring (bicyclic) bond motifs is 1. The quantitative estimate of drug-likeness (QED) is 0.154. The zero-order chi connectivity index (χ0) is 31.0. The van der Waals surface area contributed by atoms with E-state index in [1.54, 1.807) is 36.1 Å². The summed E-state index contributed by atoms with van der Waals surface area (Å²) >= 11 is 6.33. The number of hydrogen-bond acceptors (Lipinski definition) is 7. The molecule has 0 spiro atoms. The monoisotopic (exact) mass is 623 g/mol. The van der Waals surface area contributed by atoms with E-state index < -0.39 is 27.8 Å². The molecule has 2 heterocycles. The van der Waals surface area contributed by atoms with Crippen molar-refractivity contribution in [1.82, 2.24) is 9.55 Å². The fourth-order valence-electron chi connectivity index (χ4n) is 3.85. The van der Waals surface area contributed by atoms with Crippen molar-refractivity contribution in [3.05, 3.63) is 81.7 Å². The molecule has 2 amide bonds. The van der Waals surface area contributed by atoms with Gasteiger partial charge in [0.05, 0.1) is 34.8 Å². The van der Waals surface area contributed by atoms with Gasteiger partial charge in [0.1, 0.15) is 17.5 Å². The van der Waals surface area contributed by atoms with Gasteiger partial charge in [0.15, 0.2) is 0 Å². The predicted octanol–water partition coefficient (Wildman–Crippen LogP) is 5.22. The van der Waals surface area contributed by atoms with Crippen LogP contribution in [0.4, 0.5) is 30.8 Å². The molecule has 0 aliphatic rings. The maximum atomic E-state index is 14.7. The summed E-state index contributed by atoms with van der Waals surface area (Å²) in [6.07, 6.45) is 2.34. The highest BCUT2D eigenvalue weighted by Gasteiger charge is 2.18. The van der Waals surface area contributed by atoms with Gasteiger partial charge in [-0.3, -0.25) is 9.35 Å². The molecule has 0 aliphatic carbocycles. The Morgan fingerprint density at radius 2 is 1.74 bits per heavy atom. The van der Waals surface area contributed by atoms with Crippen LogP contribution in [0, 0.1) is 11.6 Å². The van der Waals surface area contributed by atoms with Crippen LogP contribution in [0.1, 0.15) is 6.92 Å². The molecular weight excluding hydrogens is 596 g/mol. The van der Waals surface area contributed by atoms with E-state index in [0.29, 0.717) is 42.7 Å². The number of nitrogens with one attached hydrogen (secondary N) is 3. The predicted molar refractivity (Wildman–Crippen MR) is 159 cm³/mol. The number of carbonyl (C=O) groups excluding carboxylic acids is 1. The van der Waals surface area contributed by atoms with E-state index in [0.717, 1.165) is 6.07 Å². The van der Waals surface area contributed by atoms with Crippen LogP contribution in [0.2, 0.25) is 5.02 Å². The lowest BCUT2D eigenvalue weighted by Gasteiger charge is -2.15. The molecule has 11 nitrogen and oxygen atoms in total. The molecule has 4 aromatic rings. The molecule has 4 N–H and O–H groups in total. The highest BCUT2D eigenvalue weighted by molar-refractivity contribution is 7.85. The summed E-state index contributed by atoms with van der Waals surface area (Å²) in [6, 6.07) is 10.4. The number of aryl methyl sites for hydroxylation is 1. The minimum atomic E-state index is -3.67. The molecule has 0 bridgehead atoms. The number of rotatable bonds is 8. The lowest BCUT2D eigenvalue weighted by molar-refractivity contribution is 0.210. The zero-order valence-corrected chi connectivity index (χ0v) is 24.3. The van der Waals surface area contributed by atoms with Gasteiger partial charge in [0, 0.05) is 49.0 Å². The van der Waals surface area contributed by atoms with Gasteiger partial charge in [-0.1, -0.05) is 23.7 Å². The fourth-order valence-corrected chi connectivity index (χ4v) is 4.10. The number of halogens is 3. The second kappa shape index (κ2) is 14.2. The summed E-state index contributed by atoms with van der Waals surface area (Å²) in [7, 11) is -2.07. The largest absolute Gasteiger partial charge is 0.383 e. The molecule has 0 saturated carbocycles. The third kappa shape index (κ3) is 8.69. The number of nitrogens with zero attached hydrogens (tertiary/aromatic N) is 2. The van der Waals surface area contributed by atoms with Gasteiger partial charge in [-0.2, -0.15) is 8.42 Å². The van der Waals surface area contributed by atoms with Crippen molar-refractivity contribution in [2.45, 2.75) is 13.5 Å². The minimum absolute atomic E-state index is 0.0116. The molecule has 0 saturated heterocycles. The first-order valence-corrected chi connectivity index (χ1v) is 14.6. The van der Waals surface area contributed by atoms with Gasteiger partial charge in [-0.05, 0) is 37.3 Å². The summed E-state index contributed by atoms with van der Waals surface area (Å²) in [6.45, 7) is 3.24. The molecule has 2 aromatic carbocycles. The third-order valence-electron chi connectivity index (χ3n) is 5.62. The molecule has 42 heavy (non-hydrogen) atoms. The van der Waals surface area contributed by atoms with E-state index in [-0.39, 0.29) is 33.1 Å². The van der Waals surface area contributed by atoms with Crippen LogP contribution in [0.15, 0.2) is 59.5 Å². The standard InChI is InChI=1S/C26H24ClF2N5O3.CH4O3S/c1-3-34-23-13-24(30-8-9-37-2)31-14-15(23)10-17(25(34)35)16-11-22(20(29)12-18(16)27)33-26(36)32-21-7-5-4-6-19(21)28;1-5(2,3)4/h4-7,10-14H,3,8-9H2,1-2H3,(H,30,31)(H2,32,33,36);1H3,(H,2,3,4). The summed E-state index contributed by atoms with van der Waals surface area (Å²) in [5, 5.41) is 8.46. The molecule has 15 heteroatoms. The number of para-hydroxylation sites is 1. The topological polar surface area (TPSA) is 152 Å². The third-order valence-corrected chi connectivity index (χ3v) is 5.94. The number of urea groups is 1. The maximum absolute atomic E-state index is 14.7. The number of hydrogen-bond donors (Lipinski definition) is 4. The van der Waals surface area contributed by atoms with E-state index in [1.807, 2.05) is 6.92 Å². The highest BCUT2D eigenvalue weighted by atomic mass is 35.5.